The normalized spacial score (nSPS) is 26.9. The van der Waals surface area contributed by atoms with E-state index >= 15 is 0 Å². The zero-order valence-corrected chi connectivity index (χ0v) is 10.0. The van der Waals surface area contributed by atoms with Gasteiger partial charge in [-0.15, -0.1) is 11.3 Å². The number of aromatic nitrogens is 1. The Morgan fingerprint density at radius 3 is 3.21 bits per heavy atom. The molecule has 1 N–H and O–H groups in total. The van der Waals surface area contributed by atoms with Crippen molar-refractivity contribution in [2.75, 3.05) is 6.26 Å². The first kappa shape index (κ1) is 10.5. The molecule has 78 valence electrons. The predicted octanol–water partition coefficient (Wildman–Crippen LogP) is 2.52. The molecule has 1 fully saturated rings. The highest BCUT2D eigenvalue weighted by Crippen LogP contribution is 2.28. The van der Waals surface area contributed by atoms with Crippen LogP contribution in [0.4, 0.5) is 0 Å². The van der Waals surface area contributed by atoms with Crippen molar-refractivity contribution in [2.24, 2.45) is 0 Å². The van der Waals surface area contributed by atoms with E-state index in [4.69, 9.17) is 0 Å². The van der Waals surface area contributed by atoms with Crippen LogP contribution >= 0.6 is 23.1 Å². The minimum atomic E-state index is 0.717. The van der Waals surface area contributed by atoms with Crippen molar-refractivity contribution in [3.05, 3.63) is 16.6 Å². The molecular formula is C10H16N2S2. The van der Waals surface area contributed by atoms with Crippen LogP contribution < -0.4 is 5.32 Å². The molecule has 2 rings (SSSR count). The summed E-state index contributed by atoms with van der Waals surface area (Å²) < 4.78 is 0. The van der Waals surface area contributed by atoms with Gasteiger partial charge in [0.1, 0.15) is 0 Å². The van der Waals surface area contributed by atoms with Crippen molar-refractivity contribution < 1.29 is 0 Å². The fourth-order valence-corrected chi connectivity index (χ4v) is 3.27. The molecule has 1 saturated carbocycles. The highest BCUT2D eigenvalue weighted by Gasteiger charge is 2.23. The van der Waals surface area contributed by atoms with Crippen LogP contribution in [0, 0.1) is 0 Å². The van der Waals surface area contributed by atoms with Crippen molar-refractivity contribution in [2.45, 2.75) is 37.1 Å². The Bertz CT molecular complexity index is 261. The molecule has 4 heteroatoms. The molecule has 1 heterocycles. The van der Waals surface area contributed by atoms with Crippen molar-refractivity contribution >= 4 is 23.1 Å². The molecule has 1 aliphatic rings. The van der Waals surface area contributed by atoms with Gasteiger partial charge in [0, 0.05) is 23.2 Å². The summed E-state index contributed by atoms with van der Waals surface area (Å²) in [4.78, 5) is 4.27. The van der Waals surface area contributed by atoms with E-state index in [1.807, 2.05) is 17.3 Å². The van der Waals surface area contributed by atoms with E-state index in [1.54, 1.807) is 11.3 Å². The molecule has 0 spiro atoms. The Labute approximate surface area is 93.5 Å². The lowest BCUT2D eigenvalue weighted by atomic mass is 10.2. The maximum absolute atomic E-state index is 4.27. The van der Waals surface area contributed by atoms with E-state index in [0.717, 1.165) is 11.8 Å². The topological polar surface area (TPSA) is 24.9 Å². The molecule has 1 aliphatic carbocycles. The average molecular weight is 228 g/mol. The van der Waals surface area contributed by atoms with Crippen LogP contribution in [0.3, 0.4) is 0 Å². The third-order valence-corrected chi connectivity index (χ3v) is 4.50. The Hall–Kier alpha value is -0.0600. The average Bonchev–Trinajstić information content (AvgIpc) is 2.86. The second-order valence-corrected chi connectivity index (χ2v) is 5.59. The molecule has 2 nitrogen and oxygen atoms in total. The molecule has 1 aromatic heterocycles. The van der Waals surface area contributed by atoms with E-state index in [-0.39, 0.29) is 0 Å². The highest BCUT2D eigenvalue weighted by molar-refractivity contribution is 7.99. The summed E-state index contributed by atoms with van der Waals surface area (Å²) in [5.74, 6) is 0. The molecule has 2 unspecified atom stereocenters. The van der Waals surface area contributed by atoms with Gasteiger partial charge < -0.3 is 5.32 Å². The van der Waals surface area contributed by atoms with Crippen LogP contribution in [-0.4, -0.2) is 22.5 Å². The second-order valence-electron chi connectivity index (χ2n) is 3.73. The monoisotopic (exact) mass is 228 g/mol. The Morgan fingerprint density at radius 1 is 1.64 bits per heavy atom. The summed E-state index contributed by atoms with van der Waals surface area (Å²) in [5, 5.41) is 6.58. The minimum absolute atomic E-state index is 0.717. The van der Waals surface area contributed by atoms with Gasteiger partial charge in [-0.3, -0.25) is 0 Å². The summed E-state index contributed by atoms with van der Waals surface area (Å²) in [6.07, 6.45) is 6.24. The first-order valence-electron chi connectivity index (χ1n) is 5.01. The van der Waals surface area contributed by atoms with Crippen LogP contribution in [0.1, 0.15) is 25.0 Å². The maximum Gasteiger partial charge on any atom is 0.0795 e. The van der Waals surface area contributed by atoms with Crippen molar-refractivity contribution in [3.8, 4) is 0 Å². The standard InChI is InChI=1S/C10H16N2S2/c1-13-10-3-2-8(4-10)11-5-9-6-14-7-12-9/h6-8,10-11H,2-5H2,1H3. The third kappa shape index (κ3) is 2.72. The van der Waals surface area contributed by atoms with E-state index in [1.165, 1.54) is 25.0 Å². The lowest BCUT2D eigenvalue weighted by Crippen LogP contribution is -2.26. The number of hydrogen-bond acceptors (Lipinski definition) is 4. The molecule has 2 atom stereocenters. The maximum atomic E-state index is 4.27. The second kappa shape index (κ2) is 5.14. The zero-order valence-electron chi connectivity index (χ0n) is 8.40. The summed E-state index contributed by atoms with van der Waals surface area (Å²) in [6, 6.07) is 0.717. The quantitative estimate of drug-likeness (QED) is 0.857. The van der Waals surface area contributed by atoms with Crippen molar-refractivity contribution in [3.63, 3.8) is 0 Å². The van der Waals surface area contributed by atoms with Crippen LogP contribution in [-0.2, 0) is 6.54 Å². The minimum Gasteiger partial charge on any atom is -0.308 e. The van der Waals surface area contributed by atoms with Gasteiger partial charge in [-0.05, 0) is 25.5 Å². The van der Waals surface area contributed by atoms with Gasteiger partial charge in [-0.2, -0.15) is 11.8 Å². The van der Waals surface area contributed by atoms with E-state index in [2.05, 4.69) is 21.9 Å². The Balaban J connectivity index is 1.72. The molecular weight excluding hydrogens is 212 g/mol. The summed E-state index contributed by atoms with van der Waals surface area (Å²) in [7, 11) is 0. The van der Waals surface area contributed by atoms with Gasteiger partial charge in [-0.1, -0.05) is 0 Å². The fourth-order valence-electron chi connectivity index (χ4n) is 1.91. The molecule has 0 aromatic carbocycles. The first-order valence-corrected chi connectivity index (χ1v) is 7.25. The third-order valence-electron chi connectivity index (χ3n) is 2.77. The lowest BCUT2D eigenvalue weighted by Gasteiger charge is -2.11. The van der Waals surface area contributed by atoms with Gasteiger partial charge in [0.05, 0.1) is 11.2 Å². The molecule has 0 aliphatic heterocycles. The van der Waals surface area contributed by atoms with Crippen LogP contribution in [0.2, 0.25) is 0 Å². The van der Waals surface area contributed by atoms with Gasteiger partial charge in [0.15, 0.2) is 0 Å². The number of hydrogen-bond donors (Lipinski definition) is 1. The molecule has 0 amide bonds. The Morgan fingerprint density at radius 2 is 2.57 bits per heavy atom. The number of thioether (sulfide) groups is 1. The molecule has 0 bridgehead atoms. The number of thiazole rings is 1. The van der Waals surface area contributed by atoms with Crippen LogP contribution in [0.15, 0.2) is 10.9 Å². The molecule has 0 radical (unpaired) electrons. The van der Waals surface area contributed by atoms with Gasteiger partial charge in [-0.25, -0.2) is 4.98 Å². The summed E-state index contributed by atoms with van der Waals surface area (Å²) in [5.41, 5.74) is 3.08. The largest absolute Gasteiger partial charge is 0.308 e. The van der Waals surface area contributed by atoms with Crippen LogP contribution in [0.5, 0.6) is 0 Å². The highest BCUT2D eigenvalue weighted by atomic mass is 32.2. The Kier molecular flexibility index (Phi) is 3.84. The van der Waals surface area contributed by atoms with E-state index < -0.39 is 0 Å². The number of rotatable bonds is 4. The van der Waals surface area contributed by atoms with Crippen molar-refractivity contribution in [1.82, 2.24) is 10.3 Å². The number of nitrogens with zero attached hydrogens (tertiary/aromatic N) is 1. The zero-order chi connectivity index (χ0) is 9.80. The van der Waals surface area contributed by atoms with Gasteiger partial charge in [0.2, 0.25) is 0 Å². The SMILES string of the molecule is CSC1CCC(NCc2cscn2)C1. The summed E-state index contributed by atoms with van der Waals surface area (Å²) in [6.45, 7) is 0.940. The van der Waals surface area contributed by atoms with Crippen LogP contribution in [0.25, 0.3) is 0 Å². The van der Waals surface area contributed by atoms with Gasteiger partial charge in [0.25, 0.3) is 0 Å². The molecule has 1 aromatic rings. The van der Waals surface area contributed by atoms with E-state index in [9.17, 15) is 0 Å². The fraction of sp³-hybridized carbons (Fsp3) is 0.700. The number of nitrogens with one attached hydrogen (secondary N) is 1. The predicted molar refractivity (Wildman–Crippen MR) is 63.9 cm³/mol. The summed E-state index contributed by atoms with van der Waals surface area (Å²) >= 11 is 3.68. The molecule has 0 saturated heterocycles. The molecule has 14 heavy (non-hydrogen) atoms. The smallest absolute Gasteiger partial charge is 0.0795 e. The lowest BCUT2D eigenvalue weighted by molar-refractivity contribution is 0.521. The first-order chi connectivity index (χ1) is 6.88. The van der Waals surface area contributed by atoms with E-state index in [0.29, 0.717) is 6.04 Å². The van der Waals surface area contributed by atoms with Gasteiger partial charge >= 0.3 is 0 Å². The van der Waals surface area contributed by atoms with Crippen molar-refractivity contribution in [1.29, 1.82) is 0 Å².